The number of alkyl halides is 1. The number of aliphatic hydroxyl groups excluding tert-OH is 1. The summed E-state index contributed by atoms with van der Waals surface area (Å²) in [5.41, 5.74) is 4.02. The van der Waals surface area contributed by atoms with E-state index in [2.05, 4.69) is 32.2 Å². The van der Waals surface area contributed by atoms with Crippen LogP contribution in [0.2, 0.25) is 0 Å². The Morgan fingerprint density at radius 2 is 2.11 bits per heavy atom. The van der Waals surface area contributed by atoms with Gasteiger partial charge in [0.2, 0.25) is 6.79 Å². The van der Waals surface area contributed by atoms with E-state index in [1.165, 1.54) is 0 Å². The molecule has 5 N–H and O–H groups in total. The zero-order valence-corrected chi connectivity index (χ0v) is 23.2. The van der Waals surface area contributed by atoms with Crippen molar-refractivity contribution >= 4 is 34.6 Å². The molecule has 38 heavy (non-hydrogen) atoms. The summed E-state index contributed by atoms with van der Waals surface area (Å²) >= 11 is -0.254. The molecule has 1 aromatic heterocycles. The molecule has 0 aliphatic carbocycles. The first kappa shape index (κ1) is 25.0. The summed E-state index contributed by atoms with van der Waals surface area (Å²) in [6.07, 6.45) is -0.150. The van der Waals surface area contributed by atoms with Gasteiger partial charge in [-0.05, 0) is 19.2 Å². The summed E-state index contributed by atoms with van der Waals surface area (Å²) in [5, 5.41) is 23.6. The molecule has 1 saturated heterocycles. The molecule has 0 amide bonds. The number of hydrogen-bond donors (Lipinski definition) is 5. The van der Waals surface area contributed by atoms with Gasteiger partial charge in [-0.1, -0.05) is 0 Å². The Bertz CT molecular complexity index is 1340. The van der Waals surface area contributed by atoms with Crippen LogP contribution in [0.1, 0.15) is 17.4 Å². The number of nitrogens with one attached hydrogen (secondary N) is 4. The van der Waals surface area contributed by atoms with Gasteiger partial charge in [-0.15, -0.1) is 0 Å². The Hall–Kier alpha value is -3.27. The van der Waals surface area contributed by atoms with Gasteiger partial charge in [0.1, 0.15) is 6.23 Å². The van der Waals surface area contributed by atoms with Gasteiger partial charge in [0.15, 0.2) is 11.5 Å². The SMILES string of the molecule is CNC(O)c1ccc2c(c1Nc1nc(Nc3ccc(N4CCO[I-]C4)cc3OC)nc3c1CCN3)OCO2. The van der Waals surface area contributed by atoms with Gasteiger partial charge in [-0.3, -0.25) is 5.32 Å². The van der Waals surface area contributed by atoms with Crippen molar-refractivity contribution in [3.05, 3.63) is 41.5 Å². The van der Waals surface area contributed by atoms with E-state index in [9.17, 15) is 5.11 Å². The second-order valence-electron chi connectivity index (χ2n) is 8.79. The minimum absolute atomic E-state index is 0.112. The molecular weight excluding hydrogens is 605 g/mol. The number of aliphatic hydroxyl groups is 1. The fourth-order valence-corrected chi connectivity index (χ4v) is 6.38. The minimum Gasteiger partial charge on any atom is -0.454 e. The Morgan fingerprint density at radius 3 is 2.92 bits per heavy atom. The second-order valence-corrected chi connectivity index (χ2v) is 10.7. The predicted octanol–water partition coefficient (Wildman–Crippen LogP) is -0.322. The largest absolute Gasteiger partial charge is 0.454 e. The maximum atomic E-state index is 10.6. The fourth-order valence-electron chi connectivity index (χ4n) is 4.60. The summed E-state index contributed by atoms with van der Waals surface area (Å²) < 4.78 is 23.6. The number of hydrogen-bond acceptors (Lipinski definition) is 12. The molecule has 2 aromatic carbocycles. The zero-order valence-electron chi connectivity index (χ0n) is 21.0. The number of rotatable bonds is 8. The molecule has 12 nitrogen and oxygen atoms in total. The van der Waals surface area contributed by atoms with E-state index in [0.717, 1.165) is 53.4 Å². The van der Waals surface area contributed by atoms with Crippen LogP contribution in [0, 0.1) is 0 Å². The molecule has 3 aromatic rings. The normalized spacial score (nSPS) is 16.8. The van der Waals surface area contributed by atoms with Gasteiger partial charge < -0.3 is 14.6 Å². The molecule has 0 bridgehead atoms. The second kappa shape index (κ2) is 10.8. The molecule has 1 fully saturated rings. The molecule has 6 rings (SSSR count). The number of methoxy groups -OCH3 is 1. The summed E-state index contributed by atoms with van der Waals surface area (Å²) in [5.74, 6) is 3.61. The van der Waals surface area contributed by atoms with Crippen molar-refractivity contribution in [3.63, 3.8) is 0 Å². The number of anilines is 6. The van der Waals surface area contributed by atoms with Crippen LogP contribution in [0.4, 0.5) is 34.6 Å². The van der Waals surface area contributed by atoms with Crippen LogP contribution in [0.3, 0.4) is 0 Å². The summed E-state index contributed by atoms with van der Waals surface area (Å²) in [6, 6.07) is 9.67. The van der Waals surface area contributed by atoms with Crippen molar-refractivity contribution in [2.24, 2.45) is 0 Å². The van der Waals surface area contributed by atoms with Gasteiger partial charge in [-0.25, -0.2) is 0 Å². The molecule has 0 spiro atoms. The quantitative estimate of drug-likeness (QED) is 0.0963. The molecule has 1 atom stereocenters. The molecular formula is C25H29IN7O5-. The van der Waals surface area contributed by atoms with Crippen molar-refractivity contribution in [2.75, 3.05) is 66.0 Å². The molecule has 4 heterocycles. The van der Waals surface area contributed by atoms with Crippen LogP contribution in [0.15, 0.2) is 30.3 Å². The number of benzene rings is 2. The molecule has 0 radical (unpaired) electrons. The van der Waals surface area contributed by atoms with E-state index in [-0.39, 0.29) is 28.4 Å². The topological polar surface area (TPSA) is 134 Å². The van der Waals surface area contributed by atoms with Crippen LogP contribution in [-0.2, 0) is 9.49 Å². The van der Waals surface area contributed by atoms with E-state index in [1.54, 1.807) is 26.3 Å². The average molecular weight is 634 g/mol. The van der Waals surface area contributed by atoms with Gasteiger partial charge in [0.05, 0.1) is 0 Å². The fraction of sp³-hybridized carbons (Fsp3) is 0.360. The third-order valence-electron chi connectivity index (χ3n) is 6.56. The maximum Gasteiger partial charge on any atom is 0.231 e. The van der Waals surface area contributed by atoms with Crippen LogP contribution in [0.25, 0.3) is 0 Å². The summed E-state index contributed by atoms with van der Waals surface area (Å²) in [6.45, 7) is 2.49. The monoisotopic (exact) mass is 634 g/mol. The Balaban J connectivity index is 1.33. The number of fused-ring (bicyclic) bond motifs is 2. The number of nitrogens with zero attached hydrogens (tertiary/aromatic N) is 3. The summed E-state index contributed by atoms with van der Waals surface area (Å²) in [4.78, 5) is 11.9. The first-order valence-electron chi connectivity index (χ1n) is 12.3. The molecule has 202 valence electrons. The van der Waals surface area contributed by atoms with Gasteiger partial charge in [0.25, 0.3) is 0 Å². The van der Waals surface area contributed by atoms with Gasteiger partial charge >= 0.3 is 162 Å². The van der Waals surface area contributed by atoms with E-state index in [0.29, 0.717) is 40.3 Å². The van der Waals surface area contributed by atoms with Crippen LogP contribution >= 0.6 is 0 Å². The van der Waals surface area contributed by atoms with Crippen molar-refractivity contribution < 1.29 is 44.0 Å². The smallest absolute Gasteiger partial charge is 0.231 e. The van der Waals surface area contributed by atoms with Crippen molar-refractivity contribution in [1.29, 1.82) is 0 Å². The van der Waals surface area contributed by atoms with Crippen molar-refractivity contribution in [1.82, 2.24) is 15.3 Å². The van der Waals surface area contributed by atoms with E-state index in [4.69, 9.17) is 27.2 Å². The van der Waals surface area contributed by atoms with Crippen LogP contribution in [0.5, 0.6) is 17.2 Å². The third-order valence-corrected chi connectivity index (χ3v) is 8.55. The van der Waals surface area contributed by atoms with Crippen molar-refractivity contribution in [3.8, 4) is 17.2 Å². The molecule has 3 aliphatic heterocycles. The first-order valence-corrected chi connectivity index (χ1v) is 14.7. The first-order chi connectivity index (χ1) is 18.6. The van der Waals surface area contributed by atoms with E-state index >= 15 is 0 Å². The minimum atomic E-state index is -0.908. The summed E-state index contributed by atoms with van der Waals surface area (Å²) in [7, 11) is 3.34. The van der Waals surface area contributed by atoms with Gasteiger partial charge in [-0.2, -0.15) is 0 Å². The Labute approximate surface area is 230 Å². The molecule has 1 unspecified atom stereocenters. The number of ether oxygens (including phenoxy) is 3. The van der Waals surface area contributed by atoms with Crippen LogP contribution < -0.4 is 62.0 Å². The van der Waals surface area contributed by atoms with E-state index in [1.807, 2.05) is 12.1 Å². The van der Waals surface area contributed by atoms with E-state index < -0.39 is 6.23 Å². The Morgan fingerprint density at radius 1 is 1.18 bits per heavy atom. The molecule has 3 aliphatic rings. The average Bonchev–Trinajstić information content (AvgIpc) is 3.63. The molecule has 0 saturated carbocycles. The standard InChI is InChI=1S/C25H29IN7O5/c1-27-24(34)15-4-6-18-21(37-13-36-18)20(15)30-23-16-7-8-28-22(16)31-25(32-23)29-17-5-3-14(11-19(17)35-2)33-9-10-38-26-12-33/h3-6,11,24,27,34H,7-10,12-13H2,1-2H3,(H3,28,29,30,31,32)/q-1. The zero-order chi connectivity index (χ0) is 26.1. The van der Waals surface area contributed by atoms with Crippen molar-refractivity contribution in [2.45, 2.75) is 12.6 Å². The number of halogens is 1. The van der Waals surface area contributed by atoms with Crippen LogP contribution in [-0.4, -0.2) is 60.3 Å². The Kier molecular flexibility index (Phi) is 7.14. The number of aromatic nitrogens is 2. The van der Waals surface area contributed by atoms with Gasteiger partial charge in [0, 0.05) is 5.56 Å². The third kappa shape index (κ3) is 4.81. The maximum absolute atomic E-state index is 10.6. The predicted molar refractivity (Wildman–Crippen MR) is 139 cm³/mol. The molecule has 13 heteroatoms.